The van der Waals surface area contributed by atoms with Crippen molar-refractivity contribution in [2.45, 2.75) is 38.6 Å². The molecule has 0 atom stereocenters. The molecule has 1 heterocycles. The van der Waals surface area contributed by atoms with Gasteiger partial charge in [-0.15, -0.1) is 11.8 Å². The fourth-order valence-corrected chi connectivity index (χ4v) is 3.30. The molecule has 3 rings (SSSR count). The molecule has 0 saturated carbocycles. The first-order valence-electron chi connectivity index (χ1n) is 8.79. The topological polar surface area (TPSA) is 46.9 Å². The molecule has 0 unspecified atom stereocenters. The van der Waals surface area contributed by atoms with E-state index in [2.05, 4.69) is 66.0 Å². The van der Waals surface area contributed by atoms with Gasteiger partial charge in [0.05, 0.1) is 23.1 Å². The Hall–Kier alpha value is -2.27. The van der Waals surface area contributed by atoms with E-state index in [1.165, 1.54) is 5.56 Å². The fraction of sp³-hybridized carbons (Fsp3) is 0.333. The number of fused-ring (bicyclic) bond motifs is 1. The van der Waals surface area contributed by atoms with Gasteiger partial charge in [-0.1, -0.05) is 57.2 Å². The molecule has 0 spiro atoms. The molecule has 26 heavy (non-hydrogen) atoms. The largest absolute Gasteiger partial charge is 0.351 e. The van der Waals surface area contributed by atoms with E-state index < -0.39 is 0 Å². The van der Waals surface area contributed by atoms with Crippen LogP contribution in [0.4, 0.5) is 0 Å². The number of benzene rings is 2. The lowest BCUT2D eigenvalue weighted by Gasteiger charge is -2.17. The van der Waals surface area contributed by atoms with Crippen molar-refractivity contribution in [1.82, 2.24) is 14.9 Å². The minimum Gasteiger partial charge on any atom is -0.351 e. The molecule has 2 aromatic carbocycles. The molecule has 1 aromatic heterocycles. The van der Waals surface area contributed by atoms with Crippen LogP contribution < -0.4 is 5.32 Å². The highest BCUT2D eigenvalue weighted by Crippen LogP contribution is 2.22. The lowest BCUT2D eigenvalue weighted by Crippen LogP contribution is -2.26. The molecular formula is C21H25N3OS. The fourth-order valence-electron chi connectivity index (χ4n) is 2.63. The molecule has 0 bridgehead atoms. The number of hydrogen-bond acceptors (Lipinski definition) is 3. The Balaban J connectivity index is 1.54. The Morgan fingerprint density at radius 1 is 1.08 bits per heavy atom. The van der Waals surface area contributed by atoms with Crippen molar-refractivity contribution in [1.29, 1.82) is 0 Å². The van der Waals surface area contributed by atoms with Crippen molar-refractivity contribution >= 4 is 28.7 Å². The lowest BCUT2D eigenvalue weighted by atomic mass is 10.1. The average Bonchev–Trinajstić information content (AvgIpc) is 3.02. The second kappa shape index (κ2) is 7.96. The van der Waals surface area contributed by atoms with Gasteiger partial charge < -0.3 is 9.88 Å². The number of nitrogens with zero attached hydrogens (tertiary/aromatic N) is 2. The summed E-state index contributed by atoms with van der Waals surface area (Å²) in [6.07, 6.45) is 1.88. The van der Waals surface area contributed by atoms with Crippen LogP contribution in [0.1, 0.15) is 31.9 Å². The van der Waals surface area contributed by atoms with E-state index in [4.69, 9.17) is 0 Å². The molecule has 0 aliphatic carbocycles. The van der Waals surface area contributed by atoms with E-state index in [-0.39, 0.29) is 10.7 Å². The molecule has 0 aliphatic heterocycles. The Kier molecular flexibility index (Phi) is 5.67. The van der Waals surface area contributed by atoms with E-state index >= 15 is 0 Å². The van der Waals surface area contributed by atoms with Gasteiger partial charge in [0.2, 0.25) is 5.91 Å². The third-order valence-electron chi connectivity index (χ3n) is 4.03. The summed E-state index contributed by atoms with van der Waals surface area (Å²) >= 11 is 1.66. The molecule has 1 amide bonds. The molecule has 4 nitrogen and oxygen atoms in total. The first-order chi connectivity index (χ1) is 12.4. The number of para-hydroxylation sites is 2. The van der Waals surface area contributed by atoms with Crippen LogP contribution >= 0.6 is 11.8 Å². The maximum atomic E-state index is 11.9. The van der Waals surface area contributed by atoms with Crippen LogP contribution in [0, 0.1) is 0 Å². The average molecular weight is 368 g/mol. The molecule has 1 N–H and O–H groups in total. The zero-order valence-corrected chi connectivity index (χ0v) is 16.3. The van der Waals surface area contributed by atoms with Gasteiger partial charge in [-0.25, -0.2) is 4.98 Å². The first kappa shape index (κ1) is 18.5. The number of aromatic nitrogens is 2. The van der Waals surface area contributed by atoms with E-state index in [1.807, 2.05) is 24.5 Å². The van der Waals surface area contributed by atoms with Gasteiger partial charge in [-0.2, -0.15) is 0 Å². The molecule has 5 heteroatoms. The van der Waals surface area contributed by atoms with Gasteiger partial charge in [0.15, 0.2) is 0 Å². The van der Waals surface area contributed by atoms with Crippen LogP contribution in [0.25, 0.3) is 11.0 Å². The Bertz CT molecular complexity index is 878. The van der Waals surface area contributed by atoms with Crippen LogP contribution in [-0.2, 0) is 17.9 Å². The number of imidazole rings is 1. The smallest absolute Gasteiger partial charge is 0.230 e. The molecule has 3 aromatic rings. The van der Waals surface area contributed by atoms with E-state index in [0.717, 1.165) is 23.1 Å². The van der Waals surface area contributed by atoms with Crippen LogP contribution in [0.2, 0.25) is 0 Å². The Morgan fingerprint density at radius 3 is 2.50 bits per heavy atom. The normalized spacial score (nSPS) is 11.7. The number of carbonyl (C=O) groups is 1. The monoisotopic (exact) mass is 367 g/mol. The standard InChI is InChI=1S/C21H25N3OS/c1-21(2,3)26-14-20(25)22-12-16-8-10-17(11-9-16)13-24-15-23-18-6-4-5-7-19(18)24/h4-11,15H,12-14H2,1-3H3,(H,22,25). The number of hydrogen-bond donors (Lipinski definition) is 1. The predicted octanol–water partition coefficient (Wildman–Crippen LogP) is 4.23. The molecule has 0 fully saturated rings. The summed E-state index contributed by atoms with van der Waals surface area (Å²) in [7, 11) is 0. The van der Waals surface area contributed by atoms with Crippen LogP contribution in [0.3, 0.4) is 0 Å². The van der Waals surface area contributed by atoms with E-state index in [1.54, 1.807) is 11.8 Å². The van der Waals surface area contributed by atoms with Crippen molar-refractivity contribution < 1.29 is 4.79 Å². The second-order valence-electron chi connectivity index (χ2n) is 7.36. The summed E-state index contributed by atoms with van der Waals surface area (Å²) in [6, 6.07) is 16.5. The van der Waals surface area contributed by atoms with Gasteiger partial charge in [-0.3, -0.25) is 4.79 Å². The maximum Gasteiger partial charge on any atom is 0.230 e. The van der Waals surface area contributed by atoms with Crippen molar-refractivity contribution in [3.05, 3.63) is 66.0 Å². The summed E-state index contributed by atoms with van der Waals surface area (Å²) < 4.78 is 2.26. The number of carbonyl (C=O) groups excluding carboxylic acids is 1. The maximum absolute atomic E-state index is 11.9. The van der Waals surface area contributed by atoms with Gasteiger partial charge in [0.1, 0.15) is 0 Å². The zero-order chi connectivity index (χ0) is 18.6. The summed E-state index contributed by atoms with van der Waals surface area (Å²) in [5.74, 6) is 0.578. The van der Waals surface area contributed by atoms with Crippen LogP contribution in [0.5, 0.6) is 0 Å². The summed E-state index contributed by atoms with van der Waals surface area (Å²) in [4.78, 5) is 16.4. The number of rotatable bonds is 6. The minimum atomic E-state index is 0.0823. The summed E-state index contributed by atoms with van der Waals surface area (Å²) in [5, 5.41) is 2.99. The highest BCUT2D eigenvalue weighted by Gasteiger charge is 2.13. The van der Waals surface area contributed by atoms with E-state index in [9.17, 15) is 4.79 Å². The minimum absolute atomic E-state index is 0.0823. The van der Waals surface area contributed by atoms with Gasteiger partial charge in [0.25, 0.3) is 0 Å². The lowest BCUT2D eigenvalue weighted by molar-refractivity contribution is -0.118. The Labute approximate surface area is 159 Å². The molecular weight excluding hydrogens is 342 g/mol. The third-order valence-corrected chi connectivity index (χ3v) is 5.30. The van der Waals surface area contributed by atoms with Crippen molar-refractivity contribution in [2.75, 3.05) is 5.75 Å². The van der Waals surface area contributed by atoms with Crippen molar-refractivity contribution in [2.24, 2.45) is 0 Å². The van der Waals surface area contributed by atoms with Gasteiger partial charge >= 0.3 is 0 Å². The number of amides is 1. The summed E-state index contributed by atoms with van der Waals surface area (Å²) in [5.41, 5.74) is 4.48. The third kappa shape index (κ3) is 5.11. The number of thioether (sulfide) groups is 1. The predicted molar refractivity (Wildman–Crippen MR) is 109 cm³/mol. The van der Waals surface area contributed by atoms with E-state index in [0.29, 0.717) is 12.3 Å². The van der Waals surface area contributed by atoms with Crippen LogP contribution in [-0.4, -0.2) is 26.0 Å². The Morgan fingerprint density at radius 2 is 1.77 bits per heavy atom. The molecule has 0 radical (unpaired) electrons. The highest BCUT2D eigenvalue weighted by molar-refractivity contribution is 8.01. The second-order valence-corrected chi connectivity index (χ2v) is 9.16. The zero-order valence-electron chi connectivity index (χ0n) is 15.5. The first-order valence-corrected chi connectivity index (χ1v) is 9.78. The summed E-state index contributed by atoms with van der Waals surface area (Å²) in [6.45, 7) is 7.71. The SMILES string of the molecule is CC(C)(C)SCC(=O)NCc1ccc(Cn2cnc3ccccc32)cc1. The van der Waals surface area contributed by atoms with Crippen LogP contribution in [0.15, 0.2) is 54.9 Å². The molecule has 0 aliphatic rings. The number of nitrogens with one attached hydrogen (secondary N) is 1. The van der Waals surface area contributed by atoms with Crippen molar-refractivity contribution in [3.8, 4) is 0 Å². The van der Waals surface area contributed by atoms with Gasteiger partial charge in [-0.05, 0) is 23.3 Å². The quantitative estimate of drug-likeness (QED) is 0.709. The van der Waals surface area contributed by atoms with Crippen molar-refractivity contribution in [3.63, 3.8) is 0 Å². The van der Waals surface area contributed by atoms with Gasteiger partial charge in [0, 0.05) is 17.8 Å². The highest BCUT2D eigenvalue weighted by atomic mass is 32.2. The molecule has 0 saturated heterocycles. The molecule has 136 valence electrons.